The number of hydrogen-bond acceptors (Lipinski definition) is 6. The molecule has 2 aliphatic carbocycles. The van der Waals surface area contributed by atoms with Crippen molar-refractivity contribution in [2.24, 2.45) is 11.8 Å². The van der Waals surface area contributed by atoms with Crippen molar-refractivity contribution in [3.63, 3.8) is 0 Å². The summed E-state index contributed by atoms with van der Waals surface area (Å²) in [5, 5.41) is 12.7. The number of nitrogens with one attached hydrogen (secondary N) is 1. The molecule has 0 radical (unpaired) electrons. The van der Waals surface area contributed by atoms with Crippen molar-refractivity contribution >= 4 is 28.7 Å². The zero-order valence-electron chi connectivity index (χ0n) is 24.1. The lowest BCUT2D eigenvalue weighted by Gasteiger charge is -2.54. The second kappa shape index (κ2) is 10.7. The molecule has 7 atom stereocenters. The average molecular weight is 562 g/mol. The Bertz CT molecular complexity index is 1360. The Labute approximate surface area is 241 Å². The van der Waals surface area contributed by atoms with Crippen LogP contribution in [0.15, 0.2) is 29.1 Å². The van der Waals surface area contributed by atoms with Crippen LogP contribution in [0.1, 0.15) is 90.0 Å². The molecule has 220 valence electrons. The van der Waals surface area contributed by atoms with Gasteiger partial charge in [0, 0.05) is 37.6 Å². The summed E-state index contributed by atoms with van der Waals surface area (Å²) in [7, 11) is 0. The highest BCUT2D eigenvalue weighted by Crippen LogP contribution is 2.47. The quantitative estimate of drug-likeness (QED) is 0.566. The number of amides is 1. The molecule has 7 rings (SSSR count). The van der Waals surface area contributed by atoms with E-state index in [0.29, 0.717) is 23.6 Å². The Morgan fingerprint density at radius 1 is 0.878 bits per heavy atom. The van der Waals surface area contributed by atoms with Gasteiger partial charge >= 0.3 is 5.97 Å². The number of benzene rings is 1. The van der Waals surface area contributed by atoms with Crippen LogP contribution in [0.25, 0.3) is 11.0 Å². The van der Waals surface area contributed by atoms with Gasteiger partial charge in [0.1, 0.15) is 0 Å². The van der Waals surface area contributed by atoms with Crippen molar-refractivity contribution in [2.75, 3.05) is 11.4 Å². The number of hydrogen-bond donors (Lipinski definition) is 2. The fourth-order valence-corrected chi connectivity index (χ4v) is 9.41. The maximum atomic E-state index is 14.3. The van der Waals surface area contributed by atoms with E-state index in [0.717, 1.165) is 30.2 Å². The second-order valence-electron chi connectivity index (χ2n) is 13.5. The van der Waals surface area contributed by atoms with Crippen LogP contribution in [0, 0.1) is 11.8 Å². The van der Waals surface area contributed by atoms with Gasteiger partial charge in [-0.1, -0.05) is 44.2 Å². The van der Waals surface area contributed by atoms with Crippen LogP contribution in [0.5, 0.6) is 0 Å². The molecule has 41 heavy (non-hydrogen) atoms. The third-order valence-corrected chi connectivity index (χ3v) is 10.9. The molecular formula is C32H43N5O4. The number of aliphatic carboxylic acids is 1. The lowest BCUT2D eigenvalue weighted by Crippen LogP contribution is -2.71. The van der Waals surface area contributed by atoms with E-state index in [9.17, 15) is 19.5 Å². The number of para-hydroxylation sites is 2. The van der Waals surface area contributed by atoms with Crippen LogP contribution < -0.4 is 15.8 Å². The molecule has 0 spiro atoms. The van der Waals surface area contributed by atoms with Crippen LogP contribution in [0.4, 0.5) is 5.82 Å². The van der Waals surface area contributed by atoms with Crippen molar-refractivity contribution in [1.82, 2.24) is 19.8 Å². The third-order valence-electron chi connectivity index (χ3n) is 10.9. The zero-order valence-corrected chi connectivity index (χ0v) is 24.1. The number of piperidine rings is 2. The molecule has 3 unspecified atom stereocenters. The predicted molar refractivity (Wildman–Crippen MR) is 157 cm³/mol. The summed E-state index contributed by atoms with van der Waals surface area (Å²) < 4.78 is 1.95. The van der Waals surface area contributed by atoms with E-state index in [-0.39, 0.29) is 29.9 Å². The first kappa shape index (κ1) is 26.9. The minimum absolute atomic E-state index is 0.0577. The molecule has 5 fully saturated rings. The minimum atomic E-state index is -1.06. The maximum absolute atomic E-state index is 14.3. The molecule has 5 aliphatic rings. The van der Waals surface area contributed by atoms with E-state index in [4.69, 9.17) is 4.98 Å². The molecule has 2 N–H and O–H groups in total. The van der Waals surface area contributed by atoms with Gasteiger partial charge in [0.05, 0.1) is 17.1 Å². The monoisotopic (exact) mass is 561 g/mol. The number of carboxylic acid groups (broad SMARTS) is 1. The standard InChI is InChI=1S/C32H43N5O4/c1-19(38)33-27-18-35(29(27)32(40)41)30-31(39)37(28-12-5-4-11-26(28)34-30)25-16-22-9-6-10-23(17-25)36(22)24-14-20-7-2-3-8-21(13-20)15-24/h4-5,11-12,20-25,27,29H,2-3,6-10,13-18H2,1H3,(H,33,38)(H,40,41)/t20?,21?,22-,23+,24?,25?,27-,29+/m1/s1. The van der Waals surface area contributed by atoms with E-state index in [2.05, 4.69) is 10.2 Å². The topological polar surface area (TPSA) is 108 Å². The van der Waals surface area contributed by atoms with Crippen molar-refractivity contribution < 1.29 is 14.7 Å². The number of aromatic nitrogens is 2. The number of nitrogens with zero attached hydrogens (tertiary/aromatic N) is 4. The van der Waals surface area contributed by atoms with Crippen LogP contribution in [-0.4, -0.2) is 68.2 Å². The molecule has 9 heteroatoms. The molecule has 2 aromatic rings. The summed E-state index contributed by atoms with van der Waals surface area (Å²) in [5.74, 6) is 0.608. The summed E-state index contributed by atoms with van der Waals surface area (Å²) in [6.07, 6.45) is 15.3. The Balaban J connectivity index is 1.21. The summed E-state index contributed by atoms with van der Waals surface area (Å²) in [6, 6.07) is 7.91. The van der Waals surface area contributed by atoms with E-state index in [1.807, 2.05) is 28.8 Å². The Morgan fingerprint density at radius 3 is 2.22 bits per heavy atom. The molecule has 3 saturated heterocycles. The first-order valence-electron chi connectivity index (χ1n) is 15.9. The molecule has 1 aromatic carbocycles. The van der Waals surface area contributed by atoms with Crippen LogP contribution >= 0.6 is 0 Å². The van der Waals surface area contributed by atoms with E-state index < -0.39 is 18.1 Å². The largest absolute Gasteiger partial charge is 0.480 e. The van der Waals surface area contributed by atoms with Gasteiger partial charge in [0.25, 0.3) is 5.56 Å². The zero-order chi connectivity index (χ0) is 28.2. The fourth-order valence-electron chi connectivity index (χ4n) is 9.41. The highest BCUT2D eigenvalue weighted by molar-refractivity contribution is 5.85. The summed E-state index contributed by atoms with van der Waals surface area (Å²) in [4.78, 5) is 47.3. The van der Waals surface area contributed by atoms with Gasteiger partial charge in [-0.25, -0.2) is 9.78 Å². The van der Waals surface area contributed by atoms with E-state index >= 15 is 0 Å². The third kappa shape index (κ3) is 4.84. The summed E-state index contributed by atoms with van der Waals surface area (Å²) in [6.45, 7) is 1.64. The number of carboxylic acids is 1. The van der Waals surface area contributed by atoms with Gasteiger partial charge < -0.3 is 19.9 Å². The molecule has 1 amide bonds. The van der Waals surface area contributed by atoms with Crippen molar-refractivity contribution in [3.05, 3.63) is 34.6 Å². The van der Waals surface area contributed by atoms with Gasteiger partial charge in [0.15, 0.2) is 11.9 Å². The molecular weight excluding hydrogens is 518 g/mol. The number of anilines is 1. The molecule has 2 saturated carbocycles. The lowest BCUT2D eigenvalue weighted by molar-refractivity contribution is -0.141. The average Bonchev–Trinajstić information content (AvgIpc) is 3.08. The predicted octanol–water partition coefficient (Wildman–Crippen LogP) is 4.09. The van der Waals surface area contributed by atoms with Crippen LogP contribution in [0.3, 0.4) is 0 Å². The van der Waals surface area contributed by atoms with Crippen LogP contribution in [0.2, 0.25) is 0 Å². The number of carbonyl (C=O) groups excluding carboxylic acids is 1. The number of rotatable bonds is 5. The Morgan fingerprint density at radius 2 is 1.56 bits per heavy atom. The van der Waals surface area contributed by atoms with Gasteiger partial charge in [-0.15, -0.1) is 0 Å². The molecule has 3 aliphatic heterocycles. The first-order valence-corrected chi connectivity index (χ1v) is 15.9. The van der Waals surface area contributed by atoms with Gasteiger partial charge in [-0.2, -0.15) is 0 Å². The SMILES string of the molecule is CC(=O)N[C@@H]1CN(c2nc3ccccc3n(C3C[C@H]4CCC[C@@H](C3)N4C3CC4CCCCC(C4)C3)c2=O)[C@@H]1C(=O)O. The molecule has 4 heterocycles. The Hall–Kier alpha value is -2.94. The van der Waals surface area contributed by atoms with E-state index in [1.54, 1.807) is 4.90 Å². The Kier molecular flexibility index (Phi) is 7.04. The number of fused-ring (bicyclic) bond motifs is 5. The highest BCUT2D eigenvalue weighted by atomic mass is 16.4. The van der Waals surface area contributed by atoms with Crippen molar-refractivity contribution in [3.8, 4) is 0 Å². The maximum Gasteiger partial charge on any atom is 0.328 e. The second-order valence-corrected chi connectivity index (χ2v) is 13.5. The van der Waals surface area contributed by atoms with Gasteiger partial charge in [-0.3, -0.25) is 14.5 Å². The minimum Gasteiger partial charge on any atom is -0.480 e. The summed E-state index contributed by atoms with van der Waals surface area (Å²) in [5.41, 5.74) is 1.32. The lowest BCUT2D eigenvalue weighted by atomic mass is 9.73. The normalized spacial score (nSPS) is 35.4. The smallest absolute Gasteiger partial charge is 0.328 e. The van der Waals surface area contributed by atoms with Crippen molar-refractivity contribution in [2.45, 2.75) is 120 Å². The van der Waals surface area contributed by atoms with Gasteiger partial charge in [-0.05, 0) is 68.9 Å². The van der Waals surface area contributed by atoms with Crippen LogP contribution in [-0.2, 0) is 9.59 Å². The van der Waals surface area contributed by atoms with Gasteiger partial charge in [0.2, 0.25) is 5.91 Å². The van der Waals surface area contributed by atoms with E-state index in [1.165, 1.54) is 71.1 Å². The number of carbonyl (C=O) groups is 2. The molecule has 9 nitrogen and oxygen atoms in total. The highest BCUT2D eigenvalue weighted by Gasteiger charge is 2.48. The summed E-state index contributed by atoms with van der Waals surface area (Å²) >= 11 is 0. The first-order chi connectivity index (χ1) is 19.9. The molecule has 1 aromatic heterocycles. The molecule has 4 bridgehead atoms. The fraction of sp³-hybridized carbons (Fsp3) is 0.688. The van der Waals surface area contributed by atoms with Crippen molar-refractivity contribution in [1.29, 1.82) is 0 Å².